The highest BCUT2D eigenvalue weighted by atomic mass is 32.2. The van der Waals surface area contributed by atoms with Crippen LogP contribution in [0.1, 0.15) is 11.1 Å². The maximum Gasteiger partial charge on any atom is 0.0692 e. The smallest absolute Gasteiger partial charge is 0.0692 e. The molecule has 0 fully saturated rings. The Labute approximate surface area is 97.8 Å². The first-order valence-electron chi connectivity index (χ1n) is 4.71. The number of hydrogen-bond acceptors (Lipinski definition) is 3. The summed E-state index contributed by atoms with van der Waals surface area (Å²) < 4.78 is 1.26. The van der Waals surface area contributed by atoms with Gasteiger partial charge in [-0.2, -0.15) is 0 Å². The van der Waals surface area contributed by atoms with Gasteiger partial charge in [-0.3, -0.25) is 0 Å². The predicted octanol–water partition coefficient (Wildman–Crippen LogP) is 3.70. The maximum absolute atomic E-state index is 9.26. The predicted molar refractivity (Wildman–Crippen MR) is 65.5 cm³/mol. The minimum absolute atomic E-state index is 0.107. The Balaban J connectivity index is 2.28. The van der Waals surface area contributed by atoms with Crippen LogP contribution in [0, 0.1) is 6.92 Å². The van der Waals surface area contributed by atoms with E-state index in [4.69, 9.17) is 0 Å². The fourth-order valence-corrected chi connectivity index (χ4v) is 3.19. The van der Waals surface area contributed by atoms with Gasteiger partial charge < -0.3 is 5.11 Å². The third kappa shape index (κ3) is 2.62. The van der Waals surface area contributed by atoms with E-state index in [2.05, 4.69) is 23.6 Å². The molecule has 0 spiro atoms. The van der Waals surface area contributed by atoms with E-state index in [1.54, 1.807) is 23.1 Å². The van der Waals surface area contributed by atoms with Crippen molar-refractivity contribution >= 4 is 23.1 Å². The summed E-state index contributed by atoms with van der Waals surface area (Å²) in [6.07, 6.45) is 0. The number of benzene rings is 1. The van der Waals surface area contributed by atoms with Gasteiger partial charge in [0.25, 0.3) is 0 Å². The molecule has 0 saturated carbocycles. The minimum Gasteiger partial charge on any atom is -0.392 e. The molecule has 1 N–H and O–H groups in total. The van der Waals surface area contributed by atoms with Crippen molar-refractivity contribution in [1.82, 2.24) is 0 Å². The lowest BCUT2D eigenvalue weighted by molar-refractivity contribution is 0.279. The van der Waals surface area contributed by atoms with E-state index in [-0.39, 0.29) is 6.61 Å². The highest BCUT2D eigenvalue weighted by Crippen LogP contribution is 2.33. The van der Waals surface area contributed by atoms with Gasteiger partial charge in [-0.25, -0.2) is 0 Å². The zero-order valence-corrected chi connectivity index (χ0v) is 10.1. The number of aliphatic hydroxyl groups is 1. The minimum atomic E-state index is 0.107. The highest BCUT2D eigenvalue weighted by Gasteiger charge is 2.04. The second kappa shape index (κ2) is 4.84. The van der Waals surface area contributed by atoms with Gasteiger partial charge in [-0.05, 0) is 30.0 Å². The van der Waals surface area contributed by atoms with Crippen LogP contribution in [0.2, 0.25) is 0 Å². The van der Waals surface area contributed by atoms with E-state index in [1.165, 1.54) is 9.77 Å². The molecule has 0 aliphatic carbocycles. The first-order valence-corrected chi connectivity index (χ1v) is 6.41. The summed E-state index contributed by atoms with van der Waals surface area (Å²) in [5.74, 6) is 0. The van der Waals surface area contributed by atoms with Crippen molar-refractivity contribution in [3.8, 4) is 0 Å². The first kappa shape index (κ1) is 10.7. The molecule has 1 nitrogen and oxygen atoms in total. The molecular formula is C12H12OS2. The van der Waals surface area contributed by atoms with Crippen molar-refractivity contribution in [2.75, 3.05) is 0 Å². The Kier molecular flexibility index (Phi) is 3.46. The van der Waals surface area contributed by atoms with Crippen LogP contribution >= 0.6 is 23.1 Å². The summed E-state index contributed by atoms with van der Waals surface area (Å²) in [7, 11) is 0. The summed E-state index contributed by atoms with van der Waals surface area (Å²) in [5, 5.41) is 11.3. The van der Waals surface area contributed by atoms with Crippen LogP contribution in [0.15, 0.2) is 44.8 Å². The summed E-state index contributed by atoms with van der Waals surface area (Å²) in [4.78, 5) is 1.14. The molecule has 0 atom stereocenters. The molecule has 0 aliphatic heterocycles. The van der Waals surface area contributed by atoms with Crippen LogP contribution < -0.4 is 0 Å². The third-order valence-corrected chi connectivity index (χ3v) is 4.25. The van der Waals surface area contributed by atoms with Crippen LogP contribution in [0.25, 0.3) is 0 Å². The van der Waals surface area contributed by atoms with Crippen molar-refractivity contribution in [2.45, 2.75) is 22.6 Å². The number of aliphatic hydroxyl groups excluding tert-OH is 1. The van der Waals surface area contributed by atoms with Crippen LogP contribution in [0.5, 0.6) is 0 Å². The maximum atomic E-state index is 9.26. The van der Waals surface area contributed by atoms with Gasteiger partial charge in [-0.1, -0.05) is 35.5 Å². The quantitative estimate of drug-likeness (QED) is 0.877. The zero-order chi connectivity index (χ0) is 10.7. The Hall–Kier alpha value is -0.770. The molecule has 0 aliphatic rings. The molecule has 0 unspecified atom stereocenters. The summed E-state index contributed by atoms with van der Waals surface area (Å²) in [5.41, 5.74) is 2.20. The van der Waals surface area contributed by atoms with E-state index in [0.29, 0.717) is 0 Å². The number of rotatable bonds is 3. The fraction of sp³-hybridized carbons (Fsp3) is 0.167. The monoisotopic (exact) mass is 236 g/mol. The van der Waals surface area contributed by atoms with Crippen molar-refractivity contribution in [2.24, 2.45) is 0 Å². The van der Waals surface area contributed by atoms with Crippen LogP contribution in [-0.4, -0.2) is 5.11 Å². The lowest BCUT2D eigenvalue weighted by atomic mass is 10.1. The molecule has 15 heavy (non-hydrogen) atoms. The summed E-state index contributed by atoms with van der Waals surface area (Å²) >= 11 is 3.44. The topological polar surface area (TPSA) is 20.2 Å². The Morgan fingerprint density at radius 3 is 2.87 bits per heavy atom. The number of aryl methyl sites for hydroxylation is 1. The zero-order valence-electron chi connectivity index (χ0n) is 8.43. The summed E-state index contributed by atoms with van der Waals surface area (Å²) in [6.45, 7) is 2.15. The molecule has 78 valence electrons. The largest absolute Gasteiger partial charge is 0.392 e. The molecule has 3 heteroatoms. The van der Waals surface area contributed by atoms with Crippen LogP contribution in [0.3, 0.4) is 0 Å². The van der Waals surface area contributed by atoms with E-state index >= 15 is 0 Å². The molecule has 1 heterocycles. The lowest BCUT2D eigenvalue weighted by Gasteiger charge is -2.06. The molecule has 0 bridgehead atoms. The molecule has 0 radical (unpaired) electrons. The van der Waals surface area contributed by atoms with Gasteiger partial charge in [0.15, 0.2) is 0 Å². The molecule has 2 rings (SSSR count). The fourth-order valence-electron chi connectivity index (χ4n) is 1.36. The first-order chi connectivity index (χ1) is 7.29. The van der Waals surface area contributed by atoms with E-state index in [1.807, 2.05) is 19.1 Å². The molecule has 0 amide bonds. The molecule has 1 aromatic heterocycles. The standard InChI is InChI=1S/C12H12OS2/c1-9-4-5-11(10(7-9)8-13)15-12-3-2-6-14-12/h2-7,13H,8H2,1H3. The number of thiophene rings is 1. The highest BCUT2D eigenvalue weighted by molar-refractivity contribution is 8.01. The van der Waals surface area contributed by atoms with Gasteiger partial charge >= 0.3 is 0 Å². The van der Waals surface area contributed by atoms with Crippen LogP contribution in [0.4, 0.5) is 0 Å². The van der Waals surface area contributed by atoms with E-state index < -0.39 is 0 Å². The van der Waals surface area contributed by atoms with Gasteiger partial charge in [0, 0.05) is 4.90 Å². The van der Waals surface area contributed by atoms with Gasteiger partial charge in [0.05, 0.1) is 10.8 Å². The second-order valence-corrected chi connectivity index (χ2v) is 5.59. The van der Waals surface area contributed by atoms with E-state index in [9.17, 15) is 5.11 Å². The average Bonchev–Trinajstić information content (AvgIpc) is 2.73. The van der Waals surface area contributed by atoms with Crippen molar-refractivity contribution in [3.05, 3.63) is 46.8 Å². The normalized spacial score (nSPS) is 10.5. The second-order valence-electron chi connectivity index (χ2n) is 3.30. The third-order valence-electron chi connectivity index (χ3n) is 2.09. The molecule has 2 aromatic rings. The molecular weight excluding hydrogens is 224 g/mol. The molecule has 0 saturated heterocycles. The SMILES string of the molecule is Cc1ccc(Sc2cccs2)c(CO)c1. The molecule has 1 aromatic carbocycles. The Bertz CT molecular complexity index is 435. The van der Waals surface area contributed by atoms with E-state index in [0.717, 1.165) is 10.5 Å². The van der Waals surface area contributed by atoms with Crippen molar-refractivity contribution in [1.29, 1.82) is 0 Å². The van der Waals surface area contributed by atoms with Gasteiger partial charge in [0.1, 0.15) is 0 Å². The number of hydrogen-bond donors (Lipinski definition) is 1. The Morgan fingerprint density at radius 2 is 2.20 bits per heavy atom. The van der Waals surface area contributed by atoms with Gasteiger partial charge in [0.2, 0.25) is 0 Å². The summed E-state index contributed by atoms with van der Waals surface area (Å²) in [6, 6.07) is 10.3. The van der Waals surface area contributed by atoms with Crippen LogP contribution in [-0.2, 0) is 6.61 Å². The van der Waals surface area contributed by atoms with Crippen molar-refractivity contribution < 1.29 is 5.11 Å². The average molecular weight is 236 g/mol. The van der Waals surface area contributed by atoms with Gasteiger partial charge in [-0.15, -0.1) is 11.3 Å². The Morgan fingerprint density at radius 1 is 1.33 bits per heavy atom. The lowest BCUT2D eigenvalue weighted by Crippen LogP contribution is -1.88. The van der Waals surface area contributed by atoms with Crippen molar-refractivity contribution in [3.63, 3.8) is 0 Å².